The number of anilines is 1. The van der Waals surface area contributed by atoms with Crippen LogP contribution in [0.4, 0.5) is 10.1 Å². The first-order valence-electron chi connectivity index (χ1n) is 6.40. The first-order valence-corrected chi connectivity index (χ1v) is 6.40. The predicted molar refractivity (Wildman–Crippen MR) is 78.1 cm³/mol. The van der Waals surface area contributed by atoms with Crippen LogP contribution in [0.3, 0.4) is 0 Å². The Morgan fingerprint density at radius 1 is 1.20 bits per heavy atom. The lowest BCUT2D eigenvalue weighted by molar-refractivity contribution is 0.1000. The van der Waals surface area contributed by atoms with E-state index in [0.29, 0.717) is 5.56 Å². The molecule has 104 valence electrons. The van der Waals surface area contributed by atoms with Gasteiger partial charge in [-0.1, -0.05) is 18.2 Å². The van der Waals surface area contributed by atoms with E-state index in [4.69, 9.17) is 5.73 Å². The number of carbonyl (C=O) groups excluding carboxylic acids is 1. The van der Waals surface area contributed by atoms with Crippen LogP contribution in [0.2, 0.25) is 0 Å². The van der Waals surface area contributed by atoms with Crippen LogP contribution in [0.1, 0.15) is 34.5 Å². The third-order valence-corrected chi connectivity index (χ3v) is 3.34. The molecule has 3 N–H and O–H groups in total. The van der Waals surface area contributed by atoms with Gasteiger partial charge in [0, 0.05) is 17.3 Å². The standard InChI is InChI=1S/C16H17FN2O/c1-10-14(16(18)20)4-3-5-15(10)19-11(2)12-6-8-13(17)9-7-12/h3-9,11,19H,1-2H3,(H2,18,20). The van der Waals surface area contributed by atoms with Crippen molar-refractivity contribution in [2.75, 3.05) is 5.32 Å². The van der Waals surface area contributed by atoms with Crippen molar-refractivity contribution < 1.29 is 9.18 Å². The van der Waals surface area contributed by atoms with Gasteiger partial charge in [0.25, 0.3) is 0 Å². The van der Waals surface area contributed by atoms with Crippen LogP contribution in [0, 0.1) is 12.7 Å². The fourth-order valence-electron chi connectivity index (χ4n) is 2.13. The average Bonchev–Trinajstić information content (AvgIpc) is 2.41. The number of halogens is 1. The second-order valence-electron chi connectivity index (χ2n) is 4.76. The number of primary amides is 1. The van der Waals surface area contributed by atoms with E-state index >= 15 is 0 Å². The molecule has 0 saturated carbocycles. The number of amides is 1. The van der Waals surface area contributed by atoms with Crippen LogP contribution in [0.25, 0.3) is 0 Å². The monoisotopic (exact) mass is 272 g/mol. The molecule has 0 aliphatic carbocycles. The Kier molecular flexibility index (Phi) is 4.03. The molecule has 2 aromatic carbocycles. The molecule has 0 fully saturated rings. The Morgan fingerprint density at radius 3 is 2.45 bits per heavy atom. The normalized spacial score (nSPS) is 11.9. The maximum atomic E-state index is 12.9. The minimum absolute atomic E-state index is 0.00238. The third kappa shape index (κ3) is 2.96. The molecule has 0 aliphatic rings. The summed E-state index contributed by atoms with van der Waals surface area (Å²) in [4.78, 5) is 11.3. The van der Waals surface area contributed by atoms with Crippen molar-refractivity contribution in [1.29, 1.82) is 0 Å². The van der Waals surface area contributed by atoms with Crippen LogP contribution in [0.15, 0.2) is 42.5 Å². The zero-order chi connectivity index (χ0) is 14.7. The van der Waals surface area contributed by atoms with E-state index < -0.39 is 5.91 Å². The molecule has 1 unspecified atom stereocenters. The molecular formula is C16H17FN2O. The molecule has 20 heavy (non-hydrogen) atoms. The fourth-order valence-corrected chi connectivity index (χ4v) is 2.13. The number of carbonyl (C=O) groups is 1. The number of nitrogens with one attached hydrogen (secondary N) is 1. The first-order chi connectivity index (χ1) is 9.49. The van der Waals surface area contributed by atoms with Crippen molar-refractivity contribution in [3.05, 3.63) is 65.0 Å². The molecule has 1 atom stereocenters. The quantitative estimate of drug-likeness (QED) is 0.896. The Labute approximate surface area is 117 Å². The molecule has 0 bridgehead atoms. The lowest BCUT2D eigenvalue weighted by Crippen LogP contribution is -2.15. The summed E-state index contributed by atoms with van der Waals surface area (Å²) in [5.41, 5.74) is 8.46. The second kappa shape index (κ2) is 5.74. The van der Waals surface area contributed by atoms with Gasteiger partial charge < -0.3 is 11.1 Å². The van der Waals surface area contributed by atoms with Crippen molar-refractivity contribution in [2.45, 2.75) is 19.9 Å². The molecule has 2 aromatic rings. The highest BCUT2D eigenvalue weighted by Crippen LogP contribution is 2.24. The summed E-state index contributed by atoms with van der Waals surface area (Å²) in [6.45, 7) is 3.82. The van der Waals surface area contributed by atoms with Gasteiger partial charge in [-0.15, -0.1) is 0 Å². The smallest absolute Gasteiger partial charge is 0.249 e. The van der Waals surface area contributed by atoms with Gasteiger partial charge >= 0.3 is 0 Å². The molecule has 0 heterocycles. The summed E-state index contributed by atoms with van der Waals surface area (Å²) in [6, 6.07) is 11.7. The molecular weight excluding hydrogens is 255 g/mol. The fraction of sp³-hybridized carbons (Fsp3) is 0.188. The summed E-state index contributed by atoms with van der Waals surface area (Å²) in [6.07, 6.45) is 0. The summed E-state index contributed by atoms with van der Waals surface area (Å²) >= 11 is 0. The Bertz CT molecular complexity index is 623. The van der Waals surface area contributed by atoms with Gasteiger partial charge in [-0.25, -0.2) is 4.39 Å². The van der Waals surface area contributed by atoms with E-state index in [1.165, 1.54) is 12.1 Å². The SMILES string of the molecule is Cc1c(NC(C)c2ccc(F)cc2)cccc1C(N)=O. The number of hydrogen-bond donors (Lipinski definition) is 2. The number of nitrogens with two attached hydrogens (primary N) is 1. The lowest BCUT2D eigenvalue weighted by atomic mass is 10.0. The molecule has 3 nitrogen and oxygen atoms in total. The number of benzene rings is 2. The number of rotatable bonds is 4. The summed E-state index contributed by atoms with van der Waals surface area (Å²) in [5.74, 6) is -0.701. The zero-order valence-electron chi connectivity index (χ0n) is 11.5. The highest BCUT2D eigenvalue weighted by atomic mass is 19.1. The molecule has 0 aliphatic heterocycles. The van der Waals surface area contributed by atoms with Gasteiger partial charge in [0.15, 0.2) is 0 Å². The van der Waals surface area contributed by atoms with Crippen LogP contribution in [0.5, 0.6) is 0 Å². The predicted octanol–water partition coefficient (Wildman–Crippen LogP) is 3.41. The van der Waals surface area contributed by atoms with E-state index in [1.54, 1.807) is 24.3 Å². The van der Waals surface area contributed by atoms with Crippen molar-refractivity contribution in [1.82, 2.24) is 0 Å². The van der Waals surface area contributed by atoms with Crippen molar-refractivity contribution in [3.63, 3.8) is 0 Å². The van der Waals surface area contributed by atoms with Crippen LogP contribution < -0.4 is 11.1 Å². The van der Waals surface area contributed by atoms with Crippen LogP contribution >= 0.6 is 0 Å². The van der Waals surface area contributed by atoms with E-state index in [2.05, 4.69) is 5.32 Å². The van der Waals surface area contributed by atoms with Gasteiger partial charge in [-0.2, -0.15) is 0 Å². The topological polar surface area (TPSA) is 55.1 Å². The Hall–Kier alpha value is -2.36. The van der Waals surface area contributed by atoms with Crippen molar-refractivity contribution in [2.24, 2.45) is 5.73 Å². The first kappa shape index (κ1) is 14.1. The maximum absolute atomic E-state index is 12.9. The third-order valence-electron chi connectivity index (χ3n) is 3.34. The largest absolute Gasteiger partial charge is 0.378 e. The minimum atomic E-state index is -0.444. The number of hydrogen-bond acceptors (Lipinski definition) is 2. The Balaban J connectivity index is 2.23. The molecule has 4 heteroatoms. The zero-order valence-corrected chi connectivity index (χ0v) is 11.5. The van der Waals surface area contributed by atoms with Crippen molar-refractivity contribution >= 4 is 11.6 Å². The molecule has 0 spiro atoms. The Morgan fingerprint density at radius 2 is 1.85 bits per heavy atom. The van der Waals surface area contributed by atoms with Gasteiger partial charge in [0.1, 0.15) is 5.82 Å². The highest BCUT2D eigenvalue weighted by molar-refractivity contribution is 5.95. The van der Waals surface area contributed by atoms with E-state index in [9.17, 15) is 9.18 Å². The summed E-state index contributed by atoms with van der Waals surface area (Å²) in [7, 11) is 0. The van der Waals surface area contributed by atoms with Gasteiger partial charge in [-0.3, -0.25) is 4.79 Å². The van der Waals surface area contributed by atoms with Crippen LogP contribution in [-0.2, 0) is 0 Å². The van der Waals surface area contributed by atoms with Crippen molar-refractivity contribution in [3.8, 4) is 0 Å². The van der Waals surface area contributed by atoms with Gasteiger partial charge in [0.2, 0.25) is 5.91 Å². The van der Waals surface area contributed by atoms with E-state index in [1.807, 2.05) is 19.9 Å². The average molecular weight is 272 g/mol. The van der Waals surface area contributed by atoms with E-state index in [-0.39, 0.29) is 11.9 Å². The molecule has 0 aromatic heterocycles. The summed E-state index contributed by atoms with van der Waals surface area (Å²) < 4.78 is 12.9. The minimum Gasteiger partial charge on any atom is -0.378 e. The van der Waals surface area contributed by atoms with Gasteiger partial charge in [0.05, 0.1) is 0 Å². The molecule has 1 amide bonds. The molecule has 0 saturated heterocycles. The molecule has 2 rings (SSSR count). The highest BCUT2D eigenvalue weighted by Gasteiger charge is 2.11. The second-order valence-corrected chi connectivity index (χ2v) is 4.76. The lowest BCUT2D eigenvalue weighted by Gasteiger charge is -2.18. The van der Waals surface area contributed by atoms with E-state index in [0.717, 1.165) is 16.8 Å². The van der Waals surface area contributed by atoms with Crippen LogP contribution in [-0.4, -0.2) is 5.91 Å². The molecule has 0 radical (unpaired) electrons. The maximum Gasteiger partial charge on any atom is 0.249 e. The summed E-state index contributed by atoms with van der Waals surface area (Å²) in [5, 5.41) is 3.31. The van der Waals surface area contributed by atoms with Gasteiger partial charge in [-0.05, 0) is 49.2 Å².